The molecule has 234 valence electrons. The minimum atomic E-state index is -0.476. The highest BCUT2D eigenvalue weighted by Gasteiger charge is 2.15. The Morgan fingerprint density at radius 1 is 0.320 bits per heavy atom. The maximum atomic E-state index is 8.74. The molecule has 8 aromatic carbocycles. The fourth-order valence-electron chi connectivity index (χ4n) is 6.64. The summed E-state index contributed by atoms with van der Waals surface area (Å²) in [6.45, 7) is 0. The van der Waals surface area contributed by atoms with Crippen LogP contribution in [0.5, 0.6) is 0 Å². The molecule has 3 nitrogen and oxygen atoms in total. The SMILES string of the molecule is [2H]c1c([2H])c([2H])c(-c2nc(-c3ccc(-c4cccc5ccccc45)cc3)nc(-c3cccc(-c4cccc5c(-c6ccccc6)cccc45)c3)n2)c([2H])c1[2H]. The summed E-state index contributed by atoms with van der Waals surface area (Å²) in [7, 11) is 0. The van der Waals surface area contributed by atoms with Crippen LogP contribution in [0.25, 0.3) is 89.1 Å². The molecule has 0 aliphatic carbocycles. The van der Waals surface area contributed by atoms with Crippen molar-refractivity contribution in [2.75, 3.05) is 0 Å². The first kappa shape index (κ1) is 24.4. The molecule has 0 unspecified atom stereocenters. The van der Waals surface area contributed by atoms with Crippen molar-refractivity contribution in [2.24, 2.45) is 0 Å². The third-order valence-corrected chi connectivity index (χ3v) is 9.04. The normalized spacial score (nSPS) is 12.6. The van der Waals surface area contributed by atoms with Crippen molar-refractivity contribution in [2.45, 2.75) is 0 Å². The number of fused-ring (bicyclic) bond motifs is 2. The zero-order valence-corrected chi connectivity index (χ0v) is 26.9. The molecule has 0 aliphatic rings. The van der Waals surface area contributed by atoms with Gasteiger partial charge in [-0.05, 0) is 61.0 Å². The monoisotopic (exact) mass is 642 g/mol. The molecule has 0 saturated carbocycles. The van der Waals surface area contributed by atoms with Crippen LogP contribution in [0.4, 0.5) is 0 Å². The molecule has 0 spiro atoms. The van der Waals surface area contributed by atoms with Gasteiger partial charge in [-0.2, -0.15) is 0 Å². The average Bonchev–Trinajstić information content (AvgIpc) is 3.24. The van der Waals surface area contributed by atoms with Crippen molar-refractivity contribution in [1.82, 2.24) is 15.0 Å². The highest BCUT2D eigenvalue weighted by molar-refractivity contribution is 6.04. The summed E-state index contributed by atoms with van der Waals surface area (Å²) in [5, 5.41) is 4.53. The third-order valence-electron chi connectivity index (χ3n) is 9.04. The van der Waals surface area contributed by atoms with Crippen LogP contribution in [0, 0.1) is 0 Å². The summed E-state index contributed by atoms with van der Waals surface area (Å²) < 4.78 is 42.4. The van der Waals surface area contributed by atoms with Gasteiger partial charge in [0.25, 0.3) is 0 Å². The van der Waals surface area contributed by atoms with Crippen molar-refractivity contribution in [3.63, 3.8) is 0 Å². The van der Waals surface area contributed by atoms with E-state index in [0.717, 1.165) is 54.9 Å². The molecule has 3 heteroatoms. The van der Waals surface area contributed by atoms with Gasteiger partial charge in [-0.15, -0.1) is 0 Å². The van der Waals surface area contributed by atoms with Crippen LogP contribution in [0.2, 0.25) is 0 Å². The van der Waals surface area contributed by atoms with E-state index in [9.17, 15) is 0 Å². The molecular formula is C47H31N3. The maximum absolute atomic E-state index is 8.74. The summed E-state index contributed by atoms with van der Waals surface area (Å²) >= 11 is 0. The van der Waals surface area contributed by atoms with E-state index < -0.39 is 18.1 Å². The van der Waals surface area contributed by atoms with Gasteiger partial charge in [0.05, 0.1) is 6.85 Å². The Bertz CT molecular complexity index is 2900. The summed E-state index contributed by atoms with van der Waals surface area (Å²) in [5.41, 5.74) is 7.72. The first-order valence-corrected chi connectivity index (χ1v) is 16.5. The van der Waals surface area contributed by atoms with Crippen molar-refractivity contribution in [3.05, 3.63) is 188 Å². The molecule has 0 bridgehead atoms. The molecule has 1 aromatic heterocycles. The molecule has 9 rings (SSSR count). The Hall–Kier alpha value is -6.71. The van der Waals surface area contributed by atoms with Crippen molar-refractivity contribution in [3.8, 4) is 67.5 Å². The molecule has 0 radical (unpaired) electrons. The third kappa shape index (κ3) is 5.51. The van der Waals surface area contributed by atoms with E-state index in [0.29, 0.717) is 22.8 Å². The Balaban J connectivity index is 1.19. The van der Waals surface area contributed by atoms with E-state index in [1.54, 1.807) is 0 Å². The standard InChI is InChI=1S/C47H31N3/c1-3-13-32(14-4-1)41-23-11-26-44-42(24-12-25-43(41)44)37-19-9-20-38(31-37)47-49-45(35-16-5-2-6-17-35)48-46(50-47)36-29-27-34(28-30-36)40-22-10-18-33-15-7-8-21-39(33)40/h1-31H/i2D,5D,6D,16D,17D. The van der Waals surface area contributed by atoms with Crippen molar-refractivity contribution < 1.29 is 6.85 Å². The molecule has 0 amide bonds. The molecule has 0 aliphatic heterocycles. The van der Waals surface area contributed by atoms with Gasteiger partial charge < -0.3 is 0 Å². The second-order valence-corrected chi connectivity index (χ2v) is 12.1. The zero-order chi connectivity index (χ0) is 37.6. The van der Waals surface area contributed by atoms with Gasteiger partial charge in [-0.25, -0.2) is 15.0 Å². The Kier molecular flexibility index (Phi) is 6.22. The Morgan fingerprint density at radius 2 is 0.780 bits per heavy atom. The lowest BCUT2D eigenvalue weighted by Crippen LogP contribution is -2.00. The summed E-state index contributed by atoms with van der Waals surface area (Å²) in [6, 6.07) is 51.2. The van der Waals surface area contributed by atoms with Gasteiger partial charge in [0.15, 0.2) is 17.5 Å². The fourth-order valence-corrected chi connectivity index (χ4v) is 6.64. The van der Waals surface area contributed by atoms with Crippen LogP contribution in [0.1, 0.15) is 6.85 Å². The molecular weight excluding hydrogens is 607 g/mol. The fraction of sp³-hybridized carbons (Fsp3) is 0. The Morgan fingerprint density at radius 3 is 1.52 bits per heavy atom. The molecule has 0 N–H and O–H groups in total. The predicted molar refractivity (Wildman–Crippen MR) is 207 cm³/mol. The first-order valence-electron chi connectivity index (χ1n) is 19.0. The van der Waals surface area contributed by atoms with Crippen LogP contribution in [-0.4, -0.2) is 15.0 Å². The minimum Gasteiger partial charge on any atom is -0.208 e. The van der Waals surface area contributed by atoms with E-state index in [1.165, 1.54) is 0 Å². The number of nitrogens with zero attached hydrogens (tertiary/aromatic N) is 3. The number of hydrogen-bond acceptors (Lipinski definition) is 3. The zero-order valence-electron chi connectivity index (χ0n) is 31.9. The lowest BCUT2D eigenvalue weighted by atomic mass is 9.92. The second kappa shape index (κ2) is 12.7. The molecule has 0 atom stereocenters. The lowest BCUT2D eigenvalue weighted by molar-refractivity contribution is 1.07. The van der Waals surface area contributed by atoms with E-state index in [1.807, 2.05) is 78.9 Å². The van der Waals surface area contributed by atoms with Gasteiger partial charge in [0, 0.05) is 16.7 Å². The smallest absolute Gasteiger partial charge is 0.164 e. The summed E-state index contributed by atoms with van der Waals surface area (Å²) in [6.07, 6.45) is 0. The number of rotatable bonds is 6. The topological polar surface area (TPSA) is 38.7 Å². The molecule has 9 aromatic rings. The molecule has 0 fully saturated rings. The minimum absolute atomic E-state index is 0.00167. The number of benzene rings is 8. The van der Waals surface area contributed by atoms with Crippen LogP contribution in [0.15, 0.2) is 188 Å². The largest absolute Gasteiger partial charge is 0.208 e. The molecule has 1 heterocycles. The molecule has 50 heavy (non-hydrogen) atoms. The molecule has 0 saturated heterocycles. The second-order valence-electron chi connectivity index (χ2n) is 12.1. The van der Waals surface area contributed by atoms with Gasteiger partial charge >= 0.3 is 0 Å². The van der Waals surface area contributed by atoms with Crippen LogP contribution in [0.3, 0.4) is 0 Å². The quantitative estimate of drug-likeness (QED) is 0.181. The van der Waals surface area contributed by atoms with Gasteiger partial charge in [0.1, 0.15) is 0 Å². The van der Waals surface area contributed by atoms with E-state index >= 15 is 0 Å². The average molecular weight is 643 g/mol. The first-order chi connectivity index (χ1) is 26.9. The van der Waals surface area contributed by atoms with Crippen LogP contribution in [-0.2, 0) is 0 Å². The summed E-state index contributed by atoms with van der Waals surface area (Å²) in [4.78, 5) is 14.5. The van der Waals surface area contributed by atoms with E-state index in [4.69, 9.17) is 21.8 Å². The van der Waals surface area contributed by atoms with Gasteiger partial charge in [0.2, 0.25) is 0 Å². The predicted octanol–water partition coefficient (Wildman–Crippen LogP) is 12.2. The van der Waals surface area contributed by atoms with E-state index in [2.05, 4.69) is 78.9 Å². The lowest BCUT2D eigenvalue weighted by Gasteiger charge is -2.13. The van der Waals surface area contributed by atoms with Crippen LogP contribution >= 0.6 is 0 Å². The number of aromatic nitrogens is 3. The van der Waals surface area contributed by atoms with Crippen LogP contribution < -0.4 is 0 Å². The van der Waals surface area contributed by atoms with Gasteiger partial charge in [-0.1, -0.05) is 182 Å². The highest BCUT2D eigenvalue weighted by Crippen LogP contribution is 2.36. The van der Waals surface area contributed by atoms with E-state index in [-0.39, 0.29) is 23.5 Å². The maximum Gasteiger partial charge on any atom is 0.164 e. The van der Waals surface area contributed by atoms with Gasteiger partial charge in [-0.3, -0.25) is 0 Å². The number of hydrogen-bond donors (Lipinski definition) is 0. The van der Waals surface area contributed by atoms with Crippen molar-refractivity contribution >= 4 is 21.5 Å². The Labute approximate surface area is 298 Å². The highest BCUT2D eigenvalue weighted by atomic mass is 15.0. The van der Waals surface area contributed by atoms with Crippen molar-refractivity contribution in [1.29, 1.82) is 0 Å². The summed E-state index contributed by atoms with van der Waals surface area (Å²) in [5.74, 6) is 0.634.